The van der Waals surface area contributed by atoms with Gasteiger partial charge < -0.3 is 59.4 Å². The van der Waals surface area contributed by atoms with Crippen LogP contribution in [0.25, 0.3) is 6.08 Å². The van der Waals surface area contributed by atoms with Crippen molar-refractivity contribution < 1.29 is 78.6 Å². The Kier molecular flexibility index (Phi) is 11.3. The lowest BCUT2D eigenvalue weighted by atomic mass is 9.87. The average Bonchev–Trinajstić information content (AvgIpc) is 3.55. The molecule has 4 atom stereocenters. The number of hydrogen-bond acceptors (Lipinski definition) is 14. The van der Waals surface area contributed by atoms with E-state index >= 15 is 0 Å². The first kappa shape index (κ1) is 38.1. The Morgan fingerprint density at radius 1 is 0.685 bits per heavy atom. The van der Waals surface area contributed by atoms with Gasteiger partial charge in [-0.1, -0.05) is 24.3 Å². The molecule has 0 aromatic heterocycles. The summed E-state index contributed by atoms with van der Waals surface area (Å²) in [5.74, 6) is -8.72. The van der Waals surface area contributed by atoms with Gasteiger partial charge in [0.2, 0.25) is 12.2 Å². The highest BCUT2D eigenvalue weighted by molar-refractivity contribution is 5.92. The van der Waals surface area contributed by atoms with Gasteiger partial charge in [-0.2, -0.15) is 0 Å². The van der Waals surface area contributed by atoms with Crippen LogP contribution in [0.5, 0.6) is 46.0 Å². The summed E-state index contributed by atoms with van der Waals surface area (Å²) in [6.07, 6.45) is -3.42. The van der Waals surface area contributed by atoms with Crippen molar-refractivity contribution >= 4 is 30.0 Å². The number of aliphatic carboxylic acids is 2. The number of methoxy groups -OCH3 is 2. The number of rotatable bonds is 14. The summed E-state index contributed by atoms with van der Waals surface area (Å²) >= 11 is 0. The third-order valence-electron chi connectivity index (χ3n) is 8.45. The minimum atomic E-state index is -1.81. The maximum Gasteiger partial charge on any atom is 0.345 e. The fraction of sp³-hybridized carbons (Fsp3) is 0.211. The van der Waals surface area contributed by atoms with E-state index < -0.39 is 71.8 Å². The lowest BCUT2D eigenvalue weighted by molar-refractivity contribution is -0.166. The van der Waals surface area contributed by atoms with Gasteiger partial charge in [0.1, 0.15) is 12.0 Å². The van der Waals surface area contributed by atoms with Gasteiger partial charge in [0.25, 0.3) is 0 Å². The second-order valence-electron chi connectivity index (χ2n) is 12.0. The number of benzene rings is 4. The van der Waals surface area contributed by atoms with Crippen LogP contribution in [0.4, 0.5) is 0 Å². The molecule has 0 bridgehead atoms. The molecule has 0 saturated heterocycles. The highest BCUT2D eigenvalue weighted by atomic mass is 16.6. The highest BCUT2D eigenvalue weighted by Crippen LogP contribution is 2.53. The average molecular weight is 747 g/mol. The van der Waals surface area contributed by atoms with Crippen molar-refractivity contribution in [3.05, 3.63) is 101 Å². The van der Waals surface area contributed by atoms with Gasteiger partial charge in [-0.25, -0.2) is 14.4 Å². The number of fused-ring (bicyclic) bond motifs is 1. The summed E-state index contributed by atoms with van der Waals surface area (Å²) in [5.41, 5.74) is 0.890. The number of aromatic hydroxyl groups is 5. The molecule has 0 aliphatic carbocycles. The first-order valence-electron chi connectivity index (χ1n) is 16.0. The number of hydrogen-bond donors (Lipinski definition) is 7. The van der Waals surface area contributed by atoms with Crippen molar-refractivity contribution in [3.8, 4) is 46.0 Å². The maximum absolute atomic E-state index is 14.1. The molecule has 282 valence electrons. The van der Waals surface area contributed by atoms with Crippen LogP contribution in [0.2, 0.25) is 0 Å². The quantitative estimate of drug-likeness (QED) is 0.0548. The summed E-state index contributed by atoms with van der Waals surface area (Å²) < 4.78 is 27.0. The largest absolute Gasteiger partial charge is 0.504 e. The Morgan fingerprint density at radius 2 is 1.24 bits per heavy atom. The van der Waals surface area contributed by atoms with Gasteiger partial charge in [-0.15, -0.1) is 0 Å². The second-order valence-corrected chi connectivity index (χ2v) is 12.0. The molecule has 5 rings (SSSR count). The van der Waals surface area contributed by atoms with E-state index in [1.54, 1.807) is 0 Å². The fourth-order valence-electron chi connectivity index (χ4n) is 5.80. The van der Waals surface area contributed by atoms with E-state index in [-0.39, 0.29) is 57.4 Å². The molecular weight excluding hydrogens is 712 g/mol. The first-order chi connectivity index (χ1) is 25.7. The van der Waals surface area contributed by atoms with E-state index in [0.717, 1.165) is 18.2 Å². The van der Waals surface area contributed by atoms with Crippen LogP contribution in [0, 0.1) is 0 Å². The predicted molar refractivity (Wildman–Crippen MR) is 185 cm³/mol. The second kappa shape index (κ2) is 16.1. The zero-order valence-electron chi connectivity index (χ0n) is 28.5. The van der Waals surface area contributed by atoms with Crippen molar-refractivity contribution in [1.82, 2.24) is 0 Å². The number of carbonyl (C=O) groups is 4. The molecule has 1 heterocycles. The van der Waals surface area contributed by atoms with Gasteiger partial charge in [0.15, 0.2) is 46.0 Å². The number of ether oxygens (including phenoxy) is 5. The molecule has 16 nitrogen and oxygen atoms in total. The van der Waals surface area contributed by atoms with Gasteiger partial charge >= 0.3 is 23.9 Å². The van der Waals surface area contributed by atoms with E-state index in [0.29, 0.717) is 5.56 Å². The number of phenols is 5. The topological polar surface area (TPSA) is 256 Å². The van der Waals surface area contributed by atoms with E-state index in [1.807, 2.05) is 0 Å². The van der Waals surface area contributed by atoms with Crippen LogP contribution in [0.3, 0.4) is 0 Å². The first-order valence-corrected chi connectivity index (χ1v) is 16.0. The van der Waals surface area contributed by atoms with Crippen molar-refractivity contribution in [2.45, 2.75) is 37.1 Å². The van der Waals surface area contributed by atoms with Crippen LogP contribution < -0.4 is 14.2 Å². The van der Waals surface area contributed by atoms with Crippen molar-refractivity contribution in [3.63, 3.8) is 0 Å². The van der Waals surface area contributed by atoms with Crippen LogP contribution in [-0.4, -0.2) is 86.1 Å². The maximum atomic E-state index is 14.1. The van der Waals surface area contributed by atoms with E-state index in [2.05, 4.69) is 0 Å². The van der Waals surface area contributed by atoms with E-state index in [4.69, 9.17) is 23.7 Å². The number of phenolic OH excluding ortho intramolecular Hbond substituents is 5. The van der Waals surface area contributed by atoms with Crippen molar-refractivity contribution in [1.29, 1.82) is 0 Å². The number of carboxylic acid groups (broad SMARTS) is 2. The molecule has 7 N–H and O–H groups in total. The lowest BCUT2D eigenvalue weighted by Crippen LogP contribution is -2.33. The lowest BCUT2D eigenvalue weighted by Gasteiger charge is -2.22. The summed E-state index contributed by atoms with van der Waals surface area (Å²) in [5, 5.41) is 70.2. The molecule has 54 heavy (non-hydrogen) atoms. The Hall–Kier alpha value is -7.10. The van der Waals surface area contributed by atoms with E-state index in [9.17, 15) is 54.9 Å². The van der Waals surface area contributed by atoms with Gasteiger partial charge in [-0.3, -0.25) is 4.79 Å². The third kappa shape index (κ3) is 8.33. The summed E-state index contributed by atoms with van der Waals surface area (Å²) in [7, 11) is 2.60. The Bertz CT molecular complexity index is 2120. The molecule has 4 aromatic rings. The molecule has 1 unspecified atom stereocenters. The van der Waals surface area contributed by atoms with Gasteiger partial charge in [0.05, 0.1) is 14.2 Å². The molecular formula is C38H34O16. The van der Waals surface area contributed by atoms with Crippen LogP contribution in [0.1, 0.15) is 39.8 Å². The molecule has 16 heteroatoms. The number of carbonyl (C=O) groups excluding carboxylic acids is 2. The Morgan fingerprint density at radius 3 is 1.85 bits per heavy atom. The molecule has 0 radical (unpaired) electrons. The summed E-state index contributed by atoms with van der Waals surface area (Å²) in [6.45, 7) is 0. The standard InChI is InChI=1S/C38H34O16/c1-50-27-14-19(4-9-23(27)40)16-29(36(45)46)52-31(44)12-7-20-5-11-25(42)35-32(20)33(34(54-35)21-6-10-24(41)28(17-21)51-2)38(49)53-30(37(47)48)15-18-3-8-22(39)26(43)13-18/h3-14,17,29-30,33-34,39-43H,15-16H2,1-2H3,(H,45,46)(H,47,48)/b12-7+/t29-,30-,33?,34-/m1/s1. The molecule has 0 spiro atoms. The third-order valence-corrected chi connectivity index (χ3v) is 8.45. The van der Waals surface area contributed by atoms with Crippen molar-refractivity contribution in [2.24, 2.45) is 0 Å². The molecule has 1 aliphatic heterocycles. The monoisotopic (exact) mass is 746 g/mol. The zero-order valence-corrected chi connectivity index (χ0v) is 28.5. The number of esters is 2. The molecule has 1 aliphatic rings. The van der Waals surface area contributed by atoms with Crippen molar-refractivity contribution in [2.75, 3.05) is 14.2 Å². The molecule has 4 aromatic carbocycles. The van der Waals surface area contributed by atoms with Crippen LogP contribution in [0.15, 0.2) is 72.8 Å². The fourth-order valence-corrected chi connectivity index (χ4v) is 5.80. The SMILES string of the molecule is COc1cc(C[C@@H](OC(=O)/C=C/c2ccc(O)c3c2C(C(=O)O[C@H](Cc2ccc(O)c(O)c2)C(=O)O)[C@@H](c2ccc(O)c(OC)c2)O3)C(=O)O)ccc1O. The molecule has 0 amide bonds. The predicted octanol–water partition coefficient (Wildman–Crippen LogP) is 3.94. The smallest absolute Gasteiger partial charge is 0.345 e. The zero-order chi connectivity index (χ0) is 39.3. The van der Waals surface area contributed by atoms with Gasteiger partial charge in [0, 0.05) is 24.5 Å². The normalized spacial score (nSPS) is 15.7. The number of carboxylic acids is 2. The van der Waals surface area contributed by atoms with Crippen LogP contribution in [-0.2, 0) is 41.5 Å². The minimum Gasteiger partial charge on any atom is -0.504 e. The molecule has 0 saturated carbocycles. The van der Waals surface area contributed by atoms with Gasteiger partial charge in [-0.05, 0) is 70.8 Å². The summed E-state index contributed by atoms with van der Waals surface area (Å²) in [4.78, 5) is 51.3. The molecule has 0 fully saturated rings. The van der Waals surface area contributed by atoms with E-state index in [1.165, 1.54) is 74.9 Å². The summed E-state index contributed by atoms with van der Waals surface area (Å²) in [6, 6.07) is 14.3. The van der Waals surface area contributed by atoms with Crippen LogP contribution >= 0.6 is 0 Å². The highest BCUT2D eigenvalue weighted by Gasteiger charge is 2.46. The Labute approximate surface area is 306 Å². The Balaban J connectivity index is 1.48. The minimum absolute atomic E-state index is 0.000503.